The van der Waals surface area contributed by atoms with Crippen LogP contribution in [0.15, 0.2) is 24.4 Å². The monoisotopic (exact) mass is 279 g/mol. The lowest BCUT2D eigenvalue weighted by Crippen LogP contribution is -2.38. The molecule has 0 saturated carbocycles. The van der Waals surface area contributed by atoms with E-state index in [-0.39, 0.29) is 31.2 Å². The van der Waals surface area contributed by atoms with Gasteiger partial charge in [-0.3, -0.25) is 14.7 Å². The fraction of sp³-hybridized carbons (Fsp3) is 0.571. The van der Waals surface area contributed by atoms with Gasteiger partial charge in [-0.25, -0.2) is 0 Å². The Balaban J connectivity index is 1.91. The average Bonchev–Trinajstić information content (AvgIpc) is 2.82. The van der Waals surface area contributed by atoms with Crippen LogP contribution >= 0.6 is 0 Å². The minimum atomic E-state index is -0.117. The molecule has 0 radical (unpaired) electrons. The van der Waals surface area contributed by atoms with E-state index < -0.39 is 0 Å². The van der Waals surface area contributed by atoms with E-state index in [1.54, 1.807) is 6.20 Å². The van der Waals surface area contributed by atoms with Crippen molar-refractivity contribution in [3.63, 3.8) is 0 Å². The number of hydrogen-bond donors (Lipinski definition) is 2. The fourth-order valence-corrected chi connectivity index (χ4v) is 2.57. The molecule has 1 aliphatic rings. The summed E-state index contributed by atoms with van der Waals surface area (Å²) in [5.74, 6) is -0.117. The molecule has 1 fully saturated rings. The molecule has 1 saturated heterocycles. The highest BCUT2D eigenvalue weighted by Crippen LogP contribution is 2.19. The van der Waals surface area contributed by atoms with Gasteiger partial charge >= 0.3 is 0 Å². The van der Waals surface area contributed by atoms with Gasteiger partial charge in [0, 0.05) is 38.5 Å². The average molecular weight is 279 g/mol. The molecule has 1 aromatic rings. The molecule has 6 heteroatoms. The van der Waals surface area contributed by atoms with Crippen molar-refractivity contribution in [2.45, 2.75) is 25.0 Å². The van der Waals surface area contributed by atoms with Crippen LogP contribution in [0.4, 0.5) is 0 Å². The molecule has 0 spiro atoms. The van der Waals surface area contributed by atoms with Crippen LogP contribution in [0.1, 0.15) is 12.1 Å². The minimum Gasteiger partial charge on any atom is -0.395 e. The van der Waals surface area contributed by atoms with Crippen molar-refractivity contribution >= 4 is 5.91 Å². The first-order chi connectivity index (χ1) is 9.72. The number of nitrogens with one attached hydrogen (secondary N) is 1. The van der Waals surface area contributed by atoms with Crippen LogP contribution in [0.2, 0.25) is 0 Å². The number of carbonyl (C=O) groups is 1. The number of aromatic nitrogens is 1. The maximum Gasteiger partial charge on any atom is 0.246 e. The second-order valence-corrected chi connectivity index (χ2v) is 5.02. The smallest absolute Gasteiger partial charge is 0.246 e. The Labute approximate surface area is 118 Å². The third kappa shape index (κ3) is 4.00. The largest absolute Gasteiger partial charge is 0.395 e. The summed E-state index contributed by atoms with van der Waals surface area (Å²) < 4.78 is 4.80. The first-order valence-corrected chi connectivity index (χ1v) is 6.76. The third-order valence-electron chi connectivity index (χ3n) is 3.47. The van der Waals surface area contributed by atoms with Crippen LogP contribution < -0.4 is 5.32 Å². The van der Waals surface area contributed by atoms with Crippen molar-refractivity contribution in [2.75, 3.05) is 26.9 Å². The molecule has 2 N–H and O–H groups in total. The van der Waals surface area contributed by atoms with E-state index in [0.29, 0.717) is 6.54 Å². The predicted octanol–water partition coefficient (Wildman–Crippen LogP) is -0.221. The van der Waals surface area contributed by atoms with Crippen molar-refractivity contribution in [1.82, 2.24) is 15.2 Å². The molecular formula is C14H21N3O3. The molecule has 2 heterocycles. The van der Waals surface area contributed by atoms with E-state index in [1.807, 2.05) is 18.2 Å². The van der Waals surface area contributed by atoms with E-state index in [2.05, 4.69) is 15.2 Å². The van der Waals surface area contributed by atoms with E-state index in [0.717, 1.165) is 18.7 Å². The van der Waals surface area contributed by atoms with E-state index in [9.17, 15) is 9.90 Å². The normalized spacial score (nSPS) is 22.9. The summed E-state index contributed by atoms with van der Waals surface area (Å²) in [5, 5.41) is 12.4. The molecule has 6 nitrogen and oxygen atoms in total. The van der Waals surface area contributed by atoms with Crippen LogP contribution in [0, 0.1) is 0 Å². The van der Waals surface area contributed by atoms with Gasteiger partial charge in [-0.1, -0.05) is 6.07 Å². The van der Waals surface area contributed by atoms with Crippen LogP contribution in [-0.2, 0) is 16.1 Å². The van der Waals surface area contributed by atoms with Crippen molar-refractivity contribution in [2.24, 2.45) is 0 Å². The summed E-state index contributed by atoms with van der Waals surface area (Å²) in [6.45, 7) is 1.56. The second-order valence-electron chi connectivity index (χ2n) is 5.02. The van der Waals surface area contributed by atoms with Gasteiger partial charge in [0.15, 0.2) is 0 Å². The molecule has 2 atom stereocenters. The molecule has 1 amide bonds. The highest BCUT2D eigenvalue weighted by Gasteiger charge is 2.32. The minimum absolute atomic E-state index is 0.0542. The summed E-state index contributed by atoms with van der Waals surface area (Å²) in [4.78, 5) is 18.0. The Morgan fingerprint density at radius 3 is 3.10 bits per heavy atom. The summed E-state index contributed by atoms with van der Waals surface area (Å²) in [6, 6.07) is 5.91. The maximum atomic E-state index is 11.5. The second kappa shape index (κ2) is 7.33. The Morgan fingerprint density at radius 2 is 2.45 bits per heavy atom. The highest BCUT2D eigenvalue weighted by atomic mass is 16.5. The van der Waals surface area contributed by atoms with Crippen molar-refractivity contribution in [3.8, 4) is 0 Å². The standard InChI is InChI=1S/C14H21N3O3/c1-20-10-14(19)16-12-6-13(9-18)17(8-12)7-11-4-2-3-5-15-11/h2-5,12-13,18H,6-10H2,1H3,(H,16,19)/t12-,13-/m0/s1. The molecule has 0 unspecified atom stereocenters. The number of nitrogens with zero attached hydrogens (tertiary/aromatic N) is 2. The van der Waals surface area contributed by atoms with E-state index in [1.165, 1.54) is 7.11 Å². The molecule has 0 aromatic carbocycles. The number of aliphatic hydroxyl groups is 1. The van der Waals surface area contributed by atoms with Crippen molar-refractivity contribution < 1.29 is 14.6 Å². The lowest BCUT2D eigenvalue weighted by molar-refractivity contribution is -0.125. The first-order valence-electron chi connectivity index (χ1n) is 6.76. The van der Waals surface area contributed by atoms with Gasteiger partial charge in [0.1, 0.15) is 6.61 Å². The zero-order chi connectivity index (χ0) is 14.4. The van der Waals surface area contributed by atoms with Gasteiger partial charge in [-0.15, -0.1) is 0 Å². The molecule has 0 aliphatic carbocycles. The van der Waals surface area contributed by atoms with Crippen LogP contribution in [0.3, 0.4) is 0 Å². The van der Waals surface area contributed by atoms with Crippen molar-refractivity contribution in [1.29, 1.82) is 0 Å². The van der Waals surface area contributed by atoms with Gasteiger partial charge < -0.3 is 15.2 Å². The van der Waals surface area contributed by atoms with E-state index in [4.69, 9.17) is 4.74 Å². The Hall–Kier alpha value is -1.50. The van der Waals surface area contributed by atoms with Crippen LogP contribution in [-0.4, -0.2) is 59.8 Å². The maximum absolute atomic E-state index is 11.5. The number of rotatable bonds is 6. The lowest BCUT2D eigenvalue weighted by atomic mass is 10.2. The zero-order valence-corrected chi connectivity index (χ0v) is 11.7. The lowest BCUT2D eigenvalue weighted by Gasteiger charge is -2.21. The Kier molecular flexibility index (Phi) is 5.46. The van der Waals surface area contributed by atoms with Crippen LogP contribution in [0.25, 0.3) is 0 Å². The fourth-order valence-electron chi connectivity index (χ4n) is 2.57. The number of pyridine rings is 1. The summed E-state index contributed by atoms with van der Waals surface area (Å²) in [5.41, 5.74) is 0.967. The Morgan fingerprint density at radius 1 is 1.60 bits per heavy atom. The van der Waals surface area contributed by atoms with E-state index >= 15 is 0 Å². The van der Waals surface area contributed by atoms with Crippen LogP contribution in [0.5, 0.6) is 0 Å². The Bertz CT molecular complexity index is 427. The topological polar surface area (TPSA) is 74.7 Å². The van der Waals surface area contributed by atoms with Gasteiger partial charge in [0.2, 0.25) is 5.91 Å². The number of carbonyl (C=O) groups excluding carboxylic acids is 1. The summed E-state index contributed by atoms with van der Waals surface area (Å²) in [6.07, 6.45) is 2.51. The number of hydrogen-bond acceptors (Lipinski definition) is 5. The number of methoxy groups -OCH3 is 1. The predicted molar refractivity (Wildman–Crippen MR) is 73.9 cm³/mol. The molecule has 1 aromatic heterocycles. The third-order valence-corrected chi connectivity index (χ3v) is 3.47. The molecule has 2 rings (SSSR count). The van der Waals surface area contributed by atoms with Gasteiger partial charge in [0.25, 0.3) is 0 Å². The highest BCUT2D eigenvalue weighted by molar-refractivity contribution is 5.77. The number of aliphatic hydroxyl groups excluding tert-OH is 1. The zero-order valence-electron chi connectivity index (χ0n) is 11.7. The SMILES string of the molecule is COCC(=O)N[C@H]1C[C@@H](CO)N(Cc2ccccn2)C1. The number of ether oxygens (including phenoxy) is 1. The molecule has 1 aliphatic heterocycles. The molecule has 20 heavy (non-hydrogen) atoms. The number of likely N-dealkylation sites (tertiary alicyclic amines) is 1. The van der Waals surface area contributed by atoms with Gasteiger partial charge in [-0.05, 0) is 18.6 Å². The first kappa shape index (κ1) is 14.9. The van der Waals surface area contributed by atoms with Gasteiger partial charge in [0.05, 0.1) is 12.3 Å². The van der Waals surface area contributed by atoms with Gasteiger partial charge in [-0.2, -0.15) is 0 Å². The molecular weight excluding hydrogens is 258 g/mol. The molecule has 0 bridgehead atoms. The quantitative estimate of drug-likeness (QED) is 0.753. The summed E-state index contributed by atoms with van der Waals surface area (Å²) in [7, 11) is 1.50. The van der Waals surface area contributed by atoms with Crippen molar-refractivity contribution in [3.05, 3.63) is 30.1 Å². The summed E-state index contributed by atoms with van der Waals surface area (Å²) >= 11 is 0. The number of amides is 1. The molecule has 110 valence electrons.